The van der Waals surface area contributed by atoms with Gasteiger partial charge in [-0.2, -0.15) is 0 Å². The molecule has 8 saturated heterocycles. The Hall–Kier alpha value is -0.650. The van der Waals surface area contributed by atoms with Gasteiger partial charge in [0.25, 0.3) is 0 Å². The molecule has 0 aromatic rings. The minimum absolute atomic E-state index is 0.0191. The number of ketones is 1. The molecule has 0 radical (unpaired) electrons. The highest BCUT2D eigenvalue weighted by Crippen LogP contribution is 2.62. The summed E-state index contributed by atoms with van der Waals surface area (Å²) >= 11 is 0. The molecule has 0 amide bonds. The number of ether oxygens (including phenoxy) is 4. The molecule has 41 heavy (non-hydrogen) atoms. The van der Waals surface area contributed by atoms with Crippen LogP contribution in [0, 0.1) is 47.3 Å². The van der Waals surface area contributed by atoms with Crippen molar-refractivity contribution in [3.05, 3.63) is 0 Å². The largest absolute Gasteiger partial charge is 0.345 e. The van der Waals surface area contributed by atoms with E-state index < -0.39 is 41.5 Å². The molecule has 4 bridgehead atoms. The lowest BCUT2D eigenvalue weighted by Gasteiger charge is -2.61. The fourth-order valence-electron chi connectivity index (χ4n) is 10.8. The first kappa shape index (κ1) is 27.9. The van der Waals surface area contributed by atoms with Gasteiger partial charge in [0.05, 0.1) is 6.10 Å². The molecule has 0 N–H and O–H groups in total. The Morgan fingerprint density at radius 1 is 0.634 bits per heavy atom. The predicted molar refractivity (Wildman–Crippen MR) is 143 cm³/mol. The summed E-state index contributed by atoms with van der Waals surface area (Å²) < 4.78 is 26.5. The summed E-state index contributed by atoms with van der Waals surface area (Å²) in [6.07, 6.45) is 5.99. The molecule has 10 fully saturated rings. The van der Waals surface area contributed by atoms with Crippen molar-refractivity contribution >= 4 is 5.78 Å². The van der Waals surface area contributed by atoms with Crippen LogP contribution in [-0.4, -0.2) is 53.3 Å². The summed E-state index contributed by atoms with van der Waals surface area (Å²) in [4.78, 5) is 38.8. The van der Waals surface area contributed by atoms with Gasteiger partial charge >= 0.3 is 0 Å². The van der Waals surface area contributed by atoms with Crippen molar-refractivity contribution in [3.8, 4) is 0 Å². The molecule has 10 rings (SSSR count). The van der Waals surface area contributed by atoms with Crippen molar-refractivity contribution in [1.29, 1.82) is 0 Å². The lowest BCUT2D eigenvalue weighted by atomic mass is 9.56. The van der Waals surface area contributed by atoms with E-state index in [0.717, 1.165) is 51.4 Å². The highest BCUT2D eigenvalue weighted by Gasteiger charge is 2.71. The highest BCUT2D eigenvalue weighted by atomic mass is 17.3. The van der Waals surface area contributed by atoms with Crippen molar-refractivity contribution in [2.75, 3.05) is 0 Å². The van der Waals surface area contributed by atoms with Crippen LogP contribution >= 0.6 is 0 Å². The van der Waals surface area contributed by atoms with Gasteiger partial charge in [-0.3, -0.25) is 4.79 Å². The Labute approximate surface area is 243 Å². The maximum absolute atomic E-state index is 14.2. The van der Waals surface area contributed by atoms with Gasteiger partial charge in [0.1, 0.15) is 6.10 Å². The second-order valence-corrected chi connectivity index (χ2v) is 15.4. The van der Waals surface area contributed by atoms with Gasteiger partial charge in [-0.25, -0.2) is 19.6 Å². The van der Waals surface area contributed by atoms with Crippen LogP contribution < -0.4 is 0 Å². The first-order valence-corrected chi connectivity index (χ1v) is 16.4. The highest BCUT2D eigenvalue weighted by molar-refractivity contribution is 5.84. The quantitative estimate of drug-likeness (QED) is 0.407. The number of carbonyl (C=O) groups is 1. The Morgan fingerprint density at radius 2 is 1.15 bits per heavy atom. The van der Waals surface area contributed by atoms with Crippen molar-refractivity contribution in [2.24, 2.45) is 47.3 Å². The summed E-state index contributed by atoms with van der Waals surface area (Å²) in [5.74, 6) is 0.382. The average Bonchev–Trinajstić information content (AvgIpc) is 3.31. The van der Waals surface area contributed by atoms with Crippen molar-refractivity contribution < 1.29 is 43.3 Å². The van der Waals surface area contributed by atoms with Crippen LogP contribution in [0.15, 0.2) is 0 Å². The molecule has 0 aromatic heterocycles. The molecule has 10 aliphatic rings. The Bertz CT molecular complexity index is 1090. The van der Waals surface area contributed by atoms with E-state index in [1.165, 1.54) is 0 Å². The minimum atomic E-state index is -0.857. The van der Waals surface area contributed by atoms with Gasteiger partial charge in [0.15, 0.2) is 29.6 Å². The molecular weight excluding hydrogens is 528 g/mol. The van der Waals surface area contributed by atoms with E-state index in [9.17, 15) is 4.79 Å². The second kappa shape index (κ2) is 9.19. The van der Waals surface area contributed by atoms with E-state index in [-0.39, 0.29) is 47.9 Å². The molecule has 8 heterocycles. The predicted octanol–water partition coefficient (Wildman–Crippen LogP) is 5.45. The van der Waals surface area contributed by atoms with Gasteiger partial charge in [0, 0.05) is 31.1 Å². The lowest BCUT2D eigenvalue weighted by Crippen LogP contribution is -2.71. The van der Waals surface area contributed by atoms with E-state index in [4.69, 9.17) is 38.5 Å². The monoisotopic (exact) mass is 576 g/mol. The Balaban J connectivity index is 1.06. The minimum Gasteiger partial charge on any atom is -0.345 e. The number of Topliss-reactive ketones (excluding diaryl/α,β-unsaturated/α-hetero) is 1. The molecule has 2 saturated carbocycles. The van der Waals surface area contributed by atoms with Crippen LogP contribution in [0.5, 0.6) is 0 Å². The SMILES string of the molecule is C[C@H]1[C@@H](C(=O)C[C@H]2O[C@@H]3O[C@@]4(C)CC[C@H]5[C@H](C)CC[C@@H]([C@H]2C)[C@@]35OO4)O[C@@H]2O[C@@]3(C)CC[C@H]4[C@H](C)CC[C@@H]1[C@@]24OO3. The number of fused-ring (bicyclic) bond motifs is 4. The fourth-order valence-corrected chi connectivity index (χ4v) is 10.8. The molecule has 0 unspecified atom stereocenters. The summed E-state index contributed by atoms with van der Waals surface area (Å²) in [5, 5.41) is 0. The van der Waals surface area contributed by atoms with Crippen LogP contribution in [0.1, 0.15) is 99.3 Å². The molecule has 2 aliphatic carbocycles. The number of hydrogen-bond donors (Lipinski definition) is 0. The number of carbonyl (C=O) groups excluding carboxylic acids is 1. The molecule has 9 nitrogen and oxygen atoms in total. The molecule has 0 aromatic carbocycles. The van der Waals surface area contributed by atoms with E-state index >= 15 is 0 Å². The van der Waals surface area contributed by atoms with Crippen molar-refractivity contribution in [3.63, 3.8) is 0 Å². The fraction of sp³-hybridized carbons (Fsp3) is 0.969. The van der Waals surface area contributed by atoms with Crippen LogP contribution in [-0.2, 0) is 43.3 Å². The van der Waals surface area contributed by atoms with Crippen molar-refractivity contribution in [2.45, 2.75) is 147 Å². The second-order valence-electron chi connectivity index (χ2n) is 15.4. The van der Waals surface area contributed by atoms with E-state index in [2.05, 4.69) is 27.7 Å². The van der Waals surface area contributed by atoms with Gasteiger partial charge in [-0.05, 0) is 87.9 Å². The molecule has 9 heteroatoms. The third kappa shape index (κ3) is 3.73. The van der Waals surface area contributed by atoms with Gasteiger partial charge in [-0.1, -0.05) is 27.7 Å². The zero-order valence-electron chi connectivity index (χ0n) is 25.5. The smallest absolute Gasteiger partial charge is 0.201 e. The van der Waals surface area contributed by atoms with Crippen LogP contribution in [0.4, 0.5) is 0 Å². The maximum Gasteiger partial charge on any atom is 0.201 e. The summed E-state index contributed by atoms with van der Waals surface area (Å²) in [6, 6.07) is 0. The van der Waals surface area contributed by atoms with Gasteiger partial charge < -0.3 is 18.9 Å². The lowest BCUT2D eigenvalue weighted by molar-refractivity contribution is -0.571. The zero-order chi connectivity index (χ0) is 28.5. The van der Waals surface area contributed by atoms with E-state index in [1.807, 2.05) is 13.8 Å². The van der Waals surface area contributed by atoms with Crippen LogP contribution in [0.25, 0.3) is 0 Å². The number of hydrogen-bond acceptors (Lipinski definition) is 9. The van der Waals surface area contributed by atoms with E-state index in [1.54, 1.807) is 0 Å². The maximum atomic E-state index is 14.2. The summed E-state index contributed by atoms with van der Waals surface area (Å²) in [5.41, 5.74) is -1.29. The molecule has 230 valence electrons. The topological polar surface area (TPSA) is 90.9 Å². The van der Waals surface area contributed by atoms with Gasteiger partial charge in [-0.15, -0.1) is 0 Å². The normalized spacial score (nSPS) is 60.9. The molecular formula is C32H48O9. The summed E-state index contributed by atoms with van der Waals surface area (Å²) in [7, 11) is 0. The standard InChI is InChI=1S/C32H48O9/c1-16-7-9-22-18(3)25(34-27-31(22)20(16)11-13-29(5,36-27)38-40-31)15-24(33)26-19(4)23-10-8-17(2)21-12-14-30(6)37-28(35-26)32(21,23)41-39-30/h16-23,25-28H,7-15H2,1-6H3/t16-,17-,18-,19-,20+,21+,22+,23+,25-,26+,27-,28-,29-,30-,31-,32-/m1/s1. The summed E-state index contributed by atoms with van der Waals surface area (Å²) in [6.45, 7) is 12.9. The molecule has 2 spiro atoms. The third-order valence-corrected chi connectivity index (χ3v) is 13.2. The van der Waals surface area contributed by atoms with Crippen LogP contribution in [0.3, 0.4) is 0 Å². The molecule has 8 aliphatic heterocycles. The van der Waals surface area contributed by atoms with Crippen LogP contribution in [0.2, 0.25) is 0 Å². The van der Waals surface area contributed by atoms with Gasteiger partial charge in [0.2, 0.25) is 11.6 Å². The molecule has 16 atom stereocenters. The first-order valence-electron chi connectivity index (χ1n) is 16.4. The first-order chi connectivity index (χ1) is 19.5. The Kier molecular flexibility index (Phi) is 6.25. The van der Waals surface area contributed by atoms with E-state index in [0.29, 0.717) is 17.8 Å². The van der Waals surface area contributed by atoms with Crippen molar-refractivity contribution in [1.82, 2.24) is 0 Å². The third-order valence-electron chi connectivity index (χ3n) is 13.2. The zero-order valence-corrected chi connectivity index (χ0v) is 25.5. The Morgan fingerprint density at radius 3 is 1.71 bits per heavy atom. The number of rotatable bonds is 3. The average molecular weight is 577 g/mol.